The number of hydrogen-bond acceptors (Lipinski definition) is 2. The maximum absolute atomic E-state index is 5.90. The van der Waals surface area contributed by atoms with E-state index in [-0.39, 0.29) is 11.5 Å². The van der Waals surface area contributed by atoms with E-state index in [1.165, 1.54) is 11.1 Å². The van der Waals surface area contributed by atoms with E-state index in [1.54, 1.807) is 0 Å². The second-order valence-corrected chi connectivity index (χ2v) is 6.30. The Morgan fingerprint density at radius 3 is 2.78 bits per heavy atom. The Morgan fingerprint density at radius 2 is 2.06 bits per heavy atom. The molecule has 2 unspecified atom stereocenters. The third-order valence-electron chi connectivity index (χ3n) is 4.00. The molecule has 0 radical (unpaired) electrons. The molecule has 0 aliphatic carbocycles. The summed E-state index contributed by atoms with van der Waals surface area (Å²) in [5, 5.41) is 3.61. The highest BCUT2D eigenvalue weighted by molar-refractivity contribution is 5.31. The van der Waals surface area contributed by atoms with Gasteiger partial charge in [0, 0.05) is 12.6 Å². The van der Waals surface area contributed by atoms with Crippen LogP contribution < -0.4 is 5.32 Å². The van der Waals surface area contributed by atoms with E-state index in [9.17, 15) is 0 Å². The molecule has 0 aromatic heterocycles. The molecule has 1 aliphatic heterocycles. The molecule has 1 aromatic rings. The molecule has 1 aromatic carbocycles. The molecule has 0 saturated heterocycles. The summed E-state index contributed by atoms with van der Waals surface area (Å²) in [5.74, 6) is 0. The van der Waals surface area contributed by atoms with Crippen molar-refractivity contribution in [2.45, 2.75) is 46.3 Å². The van der Waals surface area contributed by atoms with Gasteiger partial charge in [0.05, 0.1) is 12.7 Å². The Bertz CT molecular complexity index is 394. The van der Waals surface area contributed by atoms with Crippen LogP contribution in [0.3, 0.4) is 0 Å². The van der Waals surface area contributed by atoms with Gasteiger partial charge in [0.15, 0.2) is 0 Å². The molecular weight excluding hydrogens is 222 g/mol. The fourth-order valence-electron chi connectivity index (χ4n) is 2.24. The lowest BCUT2D eigenvalue weighted by Gasteiger charge is -2.32. The summed E-state index contributed by atoms with van der Waals surface area (Å²) in [6.45, 7) is 10.8. The van der Waals surface area contributed by atoms with Crippen LogP contribution in [0, 0.1) is 5.41 Å². The minimum Gasteiger partial charge on any atom is -0.372 e. The van der Waals surface area contributed by atoms with Crippen LogP contribution in [-0.2, 0) is 11.2 Å². The third-order valence-corrected chi connectivity index (χ3v) is 4.00. The summed E-state index contributed by atoms with van der Waals surface area (Å²) in [7, 11) is 0. The van der Waals surface area contributed by atoms with Gasteiger partial charge in [0.2, 0.25) is 0 Å². The van der Waals surface area contributed by atoms with Crippen molar-refractivity contribution in [3.8, 4) is 0 Å². The third kappa shape index (κ3) is 3.12. The van der Waals surface area contributed by atoms with Crippen molar-refractivity contribution in [2.75, 3.05) is 13.2 Å². The molecule has 100 valence electrons. The molecule has 2 nitrogen and oxygen atoms in total. The molecule has 0 bridgehead atoms. The van der Waals surface area contributed by atoms with Crippen molar-refractivity contribution < 1.29 is 4.74 Å². The molecule has 0 amide bonds. The minimum atomic E-state index is 0.208. The van der Waals surface area contributed by atoms with E-state index in [2.05, 4.69) is 57.3 Å². The smallest absolute Gasteiger partial charge is 0.0952 e. The van der Waals surface area contributed by atoms with E-state index in [0.717, 1.165) is 19.6 Å². The molecule has 18 heavy (non-hydrogen) atoms. The van der Waals surface area contributed by atoms with E-state index >= 15 is 0 Å². The number of ether oxygens (including phenoxy) is 1. The van der Waals surface area contributed by atoms with Crippen LogP contribution in [0.15, 0.2) is 24.3 Å². The number of nitrogens with one attached hydrogen (secondary N) is 1. The molecule has 1 aliphatic rings. The van der Waals surface area contributed by atoms with Gasteiger partial charge in [-0.1, -0.05) is 45.0 Å². The summed E-state index contributed by atoms with van der Waals surface area (Å²) < 4.78 is 5.90. The zero-order chi connectivity index (χ0) is 13.2. The number of hydrogen-bond donors (Lipinski definition) is 1. The molecule has 0 saturated carbocycles. The zero-order valence-corrected chi connectivity index (χ0v) is 12.0. The topological polar surface area (TPSA) is 21.3 Å². The normalized spacial score (nSPS) is 21.4. The second-order valence-electron chi connectivity index (χ2n) is 6.30. The zero-order valence-electron chi connectivity index (χ0n) is 12.0. The highest BCUT2D eigenvalue weighted by Crippen LogP contribution is 2.27. The van der Waals surface area contributed by atoms with Gasteiger partial charge < -0.3 is 10.1 Å². The lowest BCUT2D eigenvalue weighted by atomic mass is 9.87. The van der Waals surface area contributed by atoms with Crippen LogP contribution in [0.4, 0.5) is 0 Å². The molecule has 0 spiro atoms. The Balaban J connectivity index is 2.00. The lowest BCUT2D eigenvalue weighted by molar-refractivity contribution is 0.0381. The highest BCUT2D eigenvalue weighted by atomic mass is 16.5. The lowest BCUT2D eigenvalue weighted by Crippen LogP contribution is -2.40. The first-order valence-electron chi connectivity index (χ1n) is 6.91. The van der Waals surface area contributed by atoms with Gasteiger partial charge in [-0.05, 0) is 29.9 Å². The fourth-order valence-corrected chi connectivity index (χ4v) is 2.24. The van der Waals surface area contributed by atoms with Gasteiger partial charge >= 0.3 is 0 Å². The van der Waals surface area contributed by atoms with E-state index in [4.69, 9.17) is 4.74 Å². The van der Waals surface area contributed by atoms with Gasteiger partial charge in [0.25, 0.3) is 0 Å². The van der Waals surface area contributed by atoms with Crippen LogP contribution >= 0.6 is 0 Å². The van der Waals surface area contributed by atoms with Crippen molar-refractivity contribution in [3.05, 3.63) is 35.4 Å². The second kappa shape index (κ2) is 5.41. The predicted octanol–water partition coefficient (Wildman–Crippen LogP) is 3.32. The molecule has 2 heteroatoms. The van der Waals surface area contributed by atoms with Gasteiger partial charge in [0.1, 0.15) is 0 Å². The molecule has 2 atom stereocenters. The Labute approximate surface area is 111 Å². The number of benzene rings is 1. The summed E-state index contributed by atoms with van der Waals surface area (Å²) >= 11 is 0. The molecular formula is C16H25NO. The van der Waals surface area contributed by atoms with Crippen molar-refractivity contribution in [3.63, 3.8) is 0 Å². The summed E-state index contributed by atoms with van der Waals surface area (Å²) in [4.78, 5) is 0. The first-order valence-corrected chi connectivity index (χ1v) is 6.91. The number of fused-ring (bicyclic) bond motifs is 1. The van der Waals surface area contributed by atoms with E-state index in [0.29, 0.717) is 6.04 Å². The number of rotatable bonds is 3. The molecule has 2 rings (SSSR count). The summed E-state index contributed by atoms with van der Waals surface area (Å²) in [5.41, 5.74) is 3.09. The van der Waals surface area contributed by atoms with Crippen LogP contribution in [-0.4, -0.2) is 19.2 Å². The average molecular weight is 247 g/mol. The monoisotopic (exact) mass is 247 g/mol. The van der Waals surface area contributed by atoms with Crippen LogP contribution in [0.5, 0.6) is 0 Å². The van der Waals surface area contributed by atoms with Crippen molar-refractivity contribution in [2.24, 2.45) is 5.41 Å². The fraction of sp³-hybridized carbons (Fsp3) is 0.625. The standard InChI is InChI=1S/C16H25NO/c1-12(16(2,3)4)17-11-15-14-8-6-5-7-13(14)9-10-18-15/h5-8,12,15,17H,9-11H2,1-4H3. The van der Waals surface area contributed by atoms with Crippen molar-refractivity contribution in [1.29, 1.82) is 0 Å². The molecule has 0 fully saturated rings. The Kier molecular flexibility index (Phi) is 4.08. The van der Waals surface area contributed by atoms with Crippen LogP contribution in [0.1, 0.15) is 44.9 Å². The minimum absolute atomic E-state index is 0.208. The Morgan fingerprint density at radius 1 is 1.33 bits per heavy atom. The van der Waals surface area contributed by atoms with Gasteiger partial charge in [-0.3, -0.25) is 0 Å². The largest absolute Gasteiger partial charge is 0.372 e. The Hall–Kier alpha value is -0.860. The van der Waals surface area contributed by atoms with Crippen molar-refractivity contribution >= 4 is 0 Å². The maximum atomic E-state index is 5.90. The maximum Gasteiger partial charge on any atom is 0.0952 e. The molecule has 1 N–H and O–H groups in total. The van der Waals surface area contributed by atoms with Crippen LogP contribution in [0.25, 0.3) is 0 Å². The van der Waals surface area contributed by atoms with Crippen molar-refractivity contribution in [1.82, 2.24) is 5.32 Å². The predicted molar refractivity (Wildman–Crippen MR) is 75.8 cm³/mol. The van der Waals surface area contributed by atoms with Gasteiger partial charge in [-0.25, -0.2) is 0 Å². The van der Waals surface area contributed by atoms with Gasteiger partial charge in [-0.2, -0.15) is 0 Å². The summed E-state index contributed by atoms with van der Waals surface area (Å²) in [6.07, 6.45) is 1.25. The summed E-state index contributed by atoms with van der Waals surface area (Å²) in [6, 6.07) is 9.12. The first kappa shape index (κ1) is 13.6. The van der Waals surface area contributed by atoms with Gasteiger partial charge in [-0.15, -0.1) is 0 Å². The van der Waals surface area contributed by atoms with E-state index in [1.807, 2.05) is 0 Å². The highest BCUT2D eigenvalue weighted by Gasteiger charge is 2.24. The first-order chi connectivity index (χ1) is 8.48. The average Bonchev–Trinajstić information content (AvgIpc) is 2.34. The van der Waals surface area contributed by atoms with Crippen LogP contribution in [0.2, 0.25) is 0 Å². The SMILES string of the molecule is CC(NCC1OCCc2ccccc21)C(C)(C)C. The molecule has 1 heterocycles. The quantitative estimate of drug-likeness (QED) is 0.884. The van der Waals surface area contributed by atoms with E-state index < -0.39 is 0 Å².